The molecule has 108 valence electrons. The van der Waals surface area contributed by atoms with Gasteiger partial charge in [0.15, 0.2) is 0 Å². The summed E-state index contributed by atoms with van der Waals surface area (Å²) in [6, 6.07) is 8.87. The molecule has 1 aliphatic rings. The van der Waals surface area contributed by atoms with Crippen LogP contribution in [0.25, 0.3) is 0 Å². The number of amides is 3. The molecule has 0 unspecified atom stereocenters. The number of benzene rings is 1. The van der Waals surface area contributed by atoms with Gasteiger partial charge in [-0.3, -0.25) is 14.8 Å². The first-order chi connectivity index (χ1) is 10.2. The van der Waals surface area contributed by atoms with Crippen molar-refractivity contribution in [2.75, 3.05) is 23.3 Å². The molecule has 0 atom stereocenters. The molecule has 0 radical (unpaired) electrons. The van der Waals surface area contributed by atoms with Gasteiger partial charge in [-0.15, -0.1) is 0 Å². The molecule has 0 spiro atoms. The molecule has 3 amide bonds. The van der Waals surface area contributed by atoms with E-state index in [1.807, 2.05) is 12.1 Å². The quantitative estimate of drug-likeness (QED) is 0.786. The second kappa shape index (κ2) is 5.66. The van der Waals surface area contributed by atoms with Crippen molar-refractivity contribution in [1.29, 1.82) is 0 Å². The Balaban J connectivity index is 1.61. The van der Waals surface area contributed by atoms with E-state index in [2.05, 4.69) is 20.8 Å². The van der Waals surface area contributed by atoms with Crippen molar-refractivity contribution in [1.82, 2.24) is 15.5 Å². The smallest absolute Gasteiger partial charge is 0.321 e. The van der Waals surface area contributed by atoms with Gasteiger partial charge in [0.05, 0.1) is 6.42 Å². The number of urea groups is 1. The average Bonchev–Trinajstić information content (AvgIpc) is 3.11. The zero-order chi connectivity index (χ0) is 14.7. The summed E-state index contributed by atoms with van der Waals surface area (Å²) in [7, 11) is 0. The fraction of sp³-hybridized carbons (Fsp3) is 0.214. The second-order valence-corrected chi connectivity index (χ2v) is 4.74. The van der Waals surface area contributed by atoms with Gasteiger partial charge in [0.1, 0.15) is 0 Å². The molecular weight excluding hydrogens is 270 g/mol. The topological polar surface area (TPSA) is 90.1 Å². The third-order valence-electron chi connectivity index (χ3n) is 3.23. The summed E-state index contributed by atoms with van der Waals surface area (Å²) in [6.45, 7) is 1.31. The summed E-state index contributed by atoms with van der Waals surface area (Å²) < 4.78 is 0. The maximum absolute atomic E-state index is 11.8. The number of aromatic amines is 1. The summed E-state index contributed by atoms with van der Waals surface area (Å²) in [5, 5.41) is 12.1. The molecular formula is C14H15N5O2. The Morgan fingerprint density at radius 3 is 2.71 bits per heavy atom. The van der Waals surface area contributed by atoms with Gasteiger partial charge in [-0.05, 0) is 30.3 Å². The minimum atomic E-state index is -0.120. The van der Waals surface area contributed by atoms with Crippen LogP contribution in [-0.4, -0.2) is 35.2 Å². The number of hydrogen-bond acceptors (Lipinski definition) is 3. The highest BCUT2D eigenvalue weighted by Crippen LogP contribution is 2.19. The number of nitrogens with one attached hydrogen (secondary N) is 3. The first-order valence-corrected chi connectivity index (χ1v) is 6.66. The van der Waals surface area contributed by atoms with Gasteiger partial charge in [0, 0.05) is 36.4 Å². The van der Waals surface area contributed by atoms with Gasteiger partial charge in [0.25, 0.3) is 0 Å². The Kier molecular flexibility index (Phi) is 3.55. The van der Waals surface area contributed by atoms with E-state index in [0.29, 0.717) is 18.8 Å². The van der Waals surface area contributed by atoms with Crippen molar-refractivity contribution < 1.29 is 9.59 Å². The molecule has 7 heteroatoms. The predicted molar refractivity (Wildman–Crippen MR) is 78.1 cm³/mol. The van der Waals surface area contributed by atoms with Crippen LogP contribution in [0.2, 0.25) is 0 Å². The van der Waals surface area contributed by atoms with Gasteiger partial charge in [0.2, 0.25) is 5.91 Å². The summed E-state index contributed by atoms with van der Waals surface area (Å²) in [5.41, 5.74) is 2.28. The second-order valence-electron chi connectivity index (χ2n) is 4.74. The minimum Gasteiger partial charge on any atom is -0.336 e. The zero-order valence-electron chi connectivity index (χ0n) is 11.3. The number of nitrogens with zero attached hydrogens (tertiary/aromatic N) is 2. The predicted octanol–water partition coefficient (Wildman–Crippen LogP) is 1.12. The Hall–Kier alpha value is -2.83. The van der Waals surface area contributed by atoms with E-state index >= 15 is 0 Å². The molecule has 1 aliphatic heterocycles. The van der Waals surface area contributed by atoms with Crippen LogP contribution in [0.15, 0.2) is 36.5 Å². The van der Waals surface area contributed by atoms with E-state index in [9.17, 15) is 9.59 Å². The number of aromatic nitrogens is 2. The normalized spacial score (nSPS) is 14.1. The Labute approximate surface area is 121 Å². The molecule has 0 aliphatic carbocycles. The lowest BCUT2D eigenvalue weighted by atomic mass is 10.2. The molecule has 2 aromatic rings. The molecule has 0 saturated carbocycles. The molecule has 7 nitrogen and oxygen atoms in total. The van der Waals surface area contributed by atoms with Gasteiger partial charge in [-0.25, -0.2) is 4.79 Å². The number of carbonyl (C=O) groups excluding carboxylic acids is 2. The highest BCUT2D eigenvalue weighted by molar-refractivity contribution is 5.95. The third-order valence-corrected chi connectivity index (χ3v) is 3.23. The lowest BCUT2D eigenvalue weighted by Crippen LogP contribution is -2.27. The van der Waals surface area contributed by atoms with E-state index in [-0.39, 0.29) is 18.4 Å². The maximum atomic E-state index is 11.8. The van der Waals surface area contributed by atoms with E-state index in [0.717, 1.165) is 11.4 Å². The molecule has 1 aromatic heterocycles. The maximum Gasteiger partial charge on any atom is 0.321 e. The molecule has 1 fully saturated rings. The largest absolute Gasteiger partial charge is 0.336 e. The number of rotatable bonds is 4. The van der Waals surface area contributed by atoms with Crippen LogP contribution in [0.3, 0.4) is 0 Å². The number of carbonyl (C=O) groups is 2. The molecule has 0 bridgehead atoms. The summed E-state index contributed by atoms with van der Waals surface area (Å²) >= 11 is 0. The van der Waals surface area contributed by atoms with Crippen LogP contribution in [0.4, 0.5) is 16.2 Å². The van der Waals surface area contributed by atoms with Crippen molar-refractivity contribution in [2.24, 2.45) is 0 Å². The van der Waals surface area contributed by atoms with Crippen LogP contribution in [-0.2, 0) is 11.2 Å². The number of anilines is 2. The number of hydrogen-bond donors (Lipinski definition) is 3. The monoisotopic (exact) mass is 285 g/mol. The van der Waals surface area contributed by atoms with Gasteiger partial charge < -0.3 is 10.6 Å². The van der Waals surface area contributed by atoms with E-state index in [1.165, 1.54) is 0 Å². The molecule has 2 heterocycles. The average molecular weight is 285 g/mol. The SMILES string of the molecule is O=C(Cc1ccn[nH]1)Nc1ccc(N2CCNC2=O)cc1. The summed E-state index contributed by atoms with van der Waals surface area (Å²) in [4.78, 5) is 25.1. The minimum absolute atomic E-state index is 0.0916. The lowest BCUT2D eigenvalue weighted by Gasteiger charge is -2.14. The van der Waals surface area contributed by atoms with Gasteiger partial charge in [-0.1, -0.05) is 0 Å². The third kappa shape index (κ3) is 3.02. The Bertz CT molecular complexity index is 636. The van der Waals surface area contributed by atoms with Crippen molar-refractivity contribution in [3.8, 4) is 0 Å². The van der Waals surface area contributed by atoms with Crippen molar-refractivity contribution in [3.63, 3.8) is 0 Å². The number of H-pyrrole nitrogens is 1. The van der Waals surface area contributed by atoms with Crippen LogP contribution < -0.4 is 15.5 Å². The van der Waals surface area contributed by atoms with Crippen LogP contribution in [0, 0.1) is 0 Å². The molecule has 3 N–H and O–H groups in total. The van der Waals surface area contributed by atoms with Gasteiger partial charge in [-0.2, -0.15) is 5.10 Å². The van der Waals surface area contributed by atoms with Crippen molar-refractivity contribution in [3.05, 3.63) is 42.2 Å². The molecule has 3 rings (SSSR count). The van der Waals surface area contributed by atoms with Crippen LogP contribution in [0.1, 0.15) is 5.69 Å². The van der Waals surface area contributed by atoms with Crippen LogP contribution >= 0.6 is 0 Å². The van der Waals surface area contributed by atoms with Crippen LogP contribution in [0.5, 0.6) is 0 Å². The first kappa shape index (κ1) is 13.2. The summed E-state index contributed by atoms with van der Waals surface area (Å²) in [5.74, 6) is -0.120. The molecule has 1 saturated heterocycles. The van der Waals surface area contributed by atoms with Crippen molar-refractivity contribution >= 4 is 23.3 Å². The fourth-order valence-corrected chi connectivity index (χ4v) is 2.20. The molecule has 1 aromatic carbocycles. The van der Waals surface area contributed by atoms with Crippen molar-refractivity contribution in [2.45, 2.75) is 6.42 Å². The standard InChI is InChI=1S/C14H15N5O2/c20-13(9-11-5-6-16-18-11)17-10-1-3-12(4-2-10)19-8-7-15-14(19)21/h1-6H,7-9H2,(H,15,21)(H,16,18)(H,17,20). The summed E-state index contributed by atoms with van der Waals surface area (Å²) in [6.07, 6.45) is 1.86. The highest BCUT2D eigenvalue weighted by atomic mass is 16.2. The first-order valence-electron chi connectivity index (χ1n) is 6.66. The van der Waals surface area contributed by atoms with E-state index in [1.54, 1.807) is 29.3 Å². The van der Waals surface area contributed by atoms with E-state index < -0.39 is 0 Å². The Morgan fingerprint density at radius 1 is 1.29 bits per heavy atom. The zero-order valence-corrected chi connectivity index (χ0v) is 11.3. The highest BCUT2D eigenvalue weighted by Gasteiger charge is 2.20. The molecule has 21 heavy (non-hydrogen) atoms. The lowest BCUT2D eigenvalue weighted by molar-refractivity contribution is -0.115. The van der Waals surface area contributed by atoms with E-state index in [4.69, 9.17) is 0 Å². The Morgan fingerprint density at radius 2 is 2.10 bits per heavy atom. The fourth-order valence-electron chi connectivity index (χ4n) is 2.20. The van der Waals surface area contributed by atoms with Gasteiger partial charge >= 0.3 is 6.03 Å².